The minimum atomic E-state index is 0. The van der Waals surface area contributed by atoms with Gasteiger partial charge in [-0.05, 0) is 30.9 Å². The van der Waals surface area contributed by atoms with E-state index in [9.17, 15) is 0 Å². The molecule has 3 rings (SSSR count). The first kappa shape index (κ1) is 21.7. The summed E-state index contributed by atoms with van der Waals surface area (Å²) in [7, 11) is 1.79. The van der Waals surface area contributed by atoms with Crippen molar-refractivity contribution in [2.24, 2.45) is 16.8 Å². The molecule has 1 fully saturated rings. The normalized spacial score (nSPS) is 17.8. The Morgan fingerprint density at radius 1 is 1.33 bits per heavy atom. The first-order valence-corrected chi connectivity index (χ1v) is 9.59. The minimum Gasteiger partial charge on any atom is -0.461 e. The van der Waals surface area contributed by atoms with Crippen LogP contribution in [0.15, 0.2) is 27.8 Å². The standard InChI is InChI=1S/C19H30N6O.HI/c1-13(15-8-5-4-6-9-15)14(2)22-19(20-3)21-12-17-23-18(25-24-17)16-10-7-11-26-16;/h7,10-11,13-15H,4-6,8-9,12H2,1-3H3,(H2,20,21,22)(H,23,24,25);1H. The van der Waals surface area contributed by atoms with Gasteiger partial charge in [-0.3, -0.25) is 10.1 Å². The largest absolute Gasteiger partial charge is 0.461 e. The van der Waals surface area contributed by atoms with Crippen molar-refractivity contribution < 1.29 is 4.42 Å². The Kier molecular flexibility index (Phi) is 8.59. The van der Waals surface area contributed by atoms with Gasteiger partial charge in [0, 0.05) is 13.1 Å². The Morgan fingerprint density at radius 3 is 2.78 bits per heavy atom. The van der Waals surface area contributed by atoms with Gasteiger partial charge in [0.05, 0.1) is 12.8 Å². The molecule has 0 amide bonds. The van der Waals surface area contributed by atoms with Crippen LogP contribution in [0.1, 0.15) is 51.8 Å². The van der Waals surface area contributed by atoms with Crippen LogP contribution in [0.3, 0.4) is 0 Å². The summed E-state index contributed by atoms with van der Waals surface area (Å²) in [5.74, 6) is 4.20. The van der Waals surface area contributed by atoms with Crippen molar-refractivity contribution in [3.05, 3.63) is 24.2 Å². The molecule has 0 spiro atoms. The summed E-state index contributed by atoms with van der Waals surface area (Å²) >= 11 is 0. The van der Waals surface area contributed by atoms with E-state index in [0.29, 0.717) is 30.1 Å². The number of nitrogens with zero attached hydrogens (tertiary/aromatic N) is 3. The van der Waals surface area contributed by atoms with Crippen LogP contribution in [0.25, 0.3) is 11.6 Å². The molecule has 0 aromatic carbocycles. The van der Waals surface area contributed by atoms with E-state index in [4.69, 9.17) is 4.42 Å². The second-order valence-corrected chi connectivity index (χ2v) is 7.20. The third-order valence-corrected chi connectivity index (χ3v) is 5.47. The van der Waals surface area contributed by atoms with Crippen LogP contribution < -0.4 is 10.6 Å². The van der Waals surface area contributed by atoms with Gasteiger partial charge in [0.1, 0.15) is 5.82 Å². The van der Waals surface area contributed by atoms with E-state index in [0.717, 1.165) is 17.7 Å². The van der Waals surface area contributed by atoms with Crippen molar-refractivity contribution in [3.8, 4) is 11.6 Å². The number of furan rings is 1. The smallest absolute Gasteiger partial charge is 0.216 e. The lowest BCUT2D eigenvalue weighted by Crippen LogP contribution is -2.46. The Morgan fingerprint density at radius 2 is 2.11 bits per heavy atom. The number of hydrogen-bond acceptors (Lipinski definition) is 4. The van der Waals surface area contributed by atoms with Crippen LogP contribution in [0.2, 0.25) is 0 Å². The van der Waals surface area contributed by atoms with Crippen molar-refractivity contribution in [3.63, 3.8) is 0 Å². The van der Waals surface area contributed by atoms with E-state index in [-0.39, 0.29) is 24.0 Å². The Bertz CT molecular complexity index is 693. The number of halogens is 1. The number of H-pyrrole nitrogens is 1. The molecule has 2 aromatic rings. The van der Waals surface area contributed by atoms with Crippen molar-refractivity contribution in [1.29, 1.82) is 0 Å². The summed E-state index contributed by atoms with van der Waals surface area (Å²) in [6.45, 7) is 5.13. The molecular formula is C19H31IN6O. The molecule has 0 radical (unpaired) electrons. The van der Waals surface area contributed by atoms with Gasteiger partial charge >= 0.3 is 0 Å². The van der Waals surface area contributed by atoms with Gasteiger partial charge in [0.2, 0.25) is 5.82 Å². The molecule has 1 saturated carbocycles. The van der Waals surface area contributed by atoms with E-state index in [1.807, 2.05) is 12.1 Å². The van der Waals surface area contributed by atoms with Crippen LogP contribution in [-0.2, 0) is 6.54 Å². The van der Waals surface area contributed by atoms with Crippen LogP contribution in [0, 0.1) is 11.8 Å². The molecule has 2 aromatic heterocycles. The molecule has 7 nitrogen and oxygen atoms in total. The summed E-state index contributed by atoms with van der Waals surface area (Å²) in [5, 5.41) is 14.0. The minimum absolute atomic E-state index is 0. The number of aliphatic imine (C=N–C) groups is 1. The first-order chi connectivity index (χ1) is 12.7. The van der Waals surface area contributed by atoms with Crippen LogP contribution in [0.5, 0.6) is 0 Å². The lowest BCUT2D eigenvalue weighted by atomic mass is 9.78. The summed E-state index contributed by atoms with van der Waals surface area (Å²) < 4.78 is 5.31. The van der Waals surface area contributed by atoms with Crippen molar-refractivity contribution >= 4 is 29.9 Å². The molecule has 27 heavy (non-hydrogen) atoms. The third-order valence-electron chi connectivity index (χ3n) is 5.47. The number of nitrogens with one attached hydrogen (secondary N) is 3. The molecule has 1 aliphatic rings. The highest BCUT2D eigenvalue weighted by Gasteiger charge is 2.25. The number of aromatic nitrogens is 3. The Hall–Kier alpha value is -1.58. The average Bonchev–Trinajstić information content (AvgIpc) is 3.36. The molecular weight excluding hydrogens is 455 g/mol. The summed E-state index contributed by atoms with van der Waals surface area (Å²) in [4.78, 5) is 8.78. The maximum Gasteiger partial charge on any atom is 0.216 e. The Balaban J connectivity index is 0.00000261. The van der Waals surface area contributed by atoms with Crippen molar-refractivity contribution in [2.75, 3.05) is 7.05 Å². The molecule has 8 heteroatoms. The summed E-state index contributed by atoms with van der Waals surface area (Å²) in [6.07, 6.45) is 8.46. The second kappa shape index (κ2) is 10.7. The van der Waals surface area contributed by atoms with Gasteiger partial charge in [0.25, 0.3) is 0 Å². The number of aromatic amines is 1. The third kappa shape index (κ3) is 5.95. The predicted octanol–water partition coefficient (Wildman–Crippen LogP) is 3.95. The van der Waals surface area contributed by atoms with Gasteiger partial charge < -0.3 is 15.1 Å². The molecule has 2 unspecified atom stereocenters. The maximum atomic E-state index is 5.31. The molecule has 150 valence electrons. The lowest BCUT2D eigenvalue weighted by molar-refractivity contribution is 0.229. The van der Waals surface area contributed by atoms with Gasteiger partial charge in [-0.2, -0.15) is 0 Å². The van der Waals surface area contributed by atoms with Gasteiger partial charge in [-0.25, -0.2) is 4.98 Å². The van der Waals surface area contributed by atoms with Crippen molar-refractivity contribution in [1.82, 2.24) is 25.8 Å². The number of hydrogen-bond donors (Lipinski definition) is 3. The molecule has 0 aliphatic heterocycles. The maximum absolute atomic E-state index is 5.31. The lowest BCUT2D eigenvalue weighted by Gasteiger charge is -2.32. The number of rotatable bonds is 6. The molecule has 0 bridgehead atoms. The molecule has 3 N–H and O–H groups in total. The Labute approximate surface area is 178 Å². The topological polar surface area (TPSA) is 91.1 Å². The first-order valence-electron chi connectivity index (χ1n) is 9.59. The molecule has 2 heterocycles. The van der Waals surface area contributed by atoms with E-state index in [1.54, 1.807) is 13.3 Å². The fourth-order valence-electron chi connectivity index (χ4n) is 3.67. The number of guanidine groups is 1. The van der Waals surface area contributed by atoms with Crippen LogP contribution in [-0.4, -0.2) is 34.2 Å². The fourth-order valence-corrected chi connectivity index (χ4v) is 3.67. The molecule has 1 aliphatic carbocycles. The van der Waals surface area contributed by atoms with Crippen LogP contribution >= 0.6 is 24.0 Å². The van der Waals surface area contributed by atoms with E-state index >= 15 is 0 Å². The zero-order chi connectivity index (χ0) is 18.4. The predicted molar refractivity (Wildman–Crippen MR) is 118 cm³/mol. The fraction of sp³-hybridized carbons (Fsp3) is 0.632. The quantitative estimate of drug-likeness (QED) is 0.327. The van der Waals surface area contributed by atoms with Crippen molar-refractivity contribution in [2.45, 2.75) is 58.5 Å². The SMILES string of the molecule is CN=C(NCc1nc(-c2ccco2)n[nH]1)NC(C)C(C)C1CCCCC1.I. The highest BCUT2D eigenvalue weighted by Crippen LogP contribution is 2.31. The van der Waals surface area contributed by atoms with Gasteiger partial charge in [-0.1, -0.05) is 39.0 Å². The van der Waals surface area contributed by atoms with E-state index in [2.05, 4.69) is 44.7 Å². The van der Waals surface area contributed by atoms with Crippen LogP contribution in [0.4, 0.5) is 0 Å². The summed E-state index contributed by atoms with van der Waals surface area (Å²) in [6, 6.07) is 4.04. The zero-order valence-electron chi connectivity index (χ0n) is 16.4. The average molecular weight is 486 g/mol. The summed E-state index contributed by atoms with van der Waals surface area (Å²) in [5.41, 5.74) is 0. The zero-order valence-corrected chi connectivity index (χ0v) is 18.7. The van der Waals surface area contributed by atoms with E-state index in [1.165, 1.54) is 32.1 Å². The monoisotopic (exact) mass is 486 g/mol. The highest BCUT2D eigenvalue weighted by atomic mass is 127. The molecule has 2 atom stereocenters. The highest BCUT2D eigenvalue weighted by molar-refractivity contribution is 14.0. The van der Waals surface area contributed by atoms with Gasteiger partial charge in [0.15, 0.2) is 11.7 Å². The van der Waals surface area contributed by atoms with E-state index < -0.39 is 0 Å². The van der Waals surface area contributed by atoms with Gasteiger partial charge in [-0.15, -0.1) is 29.1 Å². The second-order valence-electron chi connectivity index (χ2n) is 7.20. The molecule has 0 saturated heterocycles.